The number of hydrogen-bond donors (Lipinski definition) is 0. The van der Waals surface area contributed by atoms with Gasteiger partial charge in [-0.05, 0) is 12.1 Å². The Labute approximate surface area is 203 Å². The van der Waals surface area contributed by atoms with Crippen molar-refractivity contribution in [2.24, 2.45) is 0 Å². The predicted octanol–water partition coefficient (Wildman–Crippen LogP) is 4.00. The number of hydrogen-bond acceptors (Lipinski definition) is 6. The molecule has 0 aromatic carbocycles. The molecular weight excluding hydrogens is 471 g/mol. The molecule has 4 aromatic heterocycles. The van der Waals surface area contributed by atoms with Gasteiger partial charge in [0.25, 0.3) is 0 Å². The van der Waals surface area contributed by atoms with E-state index in [1.54, 1.807) is 6.33 Å². The van der Waals surface area contributed by atoms with Crippen LogP contribution in [0.4, 0.5) is 5.82 Å². The van der Waals surface area contributed by atoms with Crippen LogP contribution < -0.4 is 9.38 Å². The Kier molecular flexibility index (Phi) is 6.63. The first-order chi connectivity index (χ1) is 16.2. The minimum absolute atomic E-state index is 0.543. The Morgan fingerprint density at radius 3 is 2.64 bits per heavy atom. The van der Waals surface area contributed by atoms with Gasteiger partial charge in [-0.15, -0.1) is 0 Å². The number of fused-ring (bicyclic) bond motifs is 1. The molecule has 4 heterocycles. The van der Waals surface area contributed by atoms with Crippen LogP contribution in [0.2, 0.25) is 0 Å². The van der Waals surface area contributed by atoms with E-state index in [1.165, 1.54) is 37.7 Å². The first-order valence-electron chi connectivity index (χ1n) is 11.6. The summed E-state index contributed by atoms with van der Waals surface area (Å²) < 4.78 is 0.954. The van der Waals surface area contributed by atoms with Crippen molar-refractivity contribution in [3.63, 3.8) is 0 Å². The van der Waals surface area contributed by atoms with E-state index in [0.29, 0.717) is 5.92 Å². The predicted molar refractivity (Wildman–Crippen MR) is 133 cm³/mol. The van der Waals surface area contributed by atoms with E-state index in [2.05, 4.69) is 68.0 Å². The maximum absolute atomic E-state index is 4.89. The fraction of sp³-hybridized carbons (Fsp3) is 0.346. The van der Waals surface area contributed by atoms with Gasteiger partial charge in [0, 0.05) is 11.9 Å². The summed E-state index contributed by atoms with van der Waals surface area (Å²) in [5.74, 6) is 1.49. The average Bonchev–Trinajstić information content (AvgIpc) is 2.88. The van der Waals surface area contributed by atoms with Gasteiger partial charge in [-0.2, -0.15) is 0 Å². The van der Waals surface area contributed by atoms with Crippen LogP contribution in [-0.2, 0) is 6.42 Å². The molecule has 0 saturated heterocycles. The molecule has 2 radical (unpaired) electrons. The van der Waals surface area contributed by atoms with Gasteiger partial charge in [0.1, 0.15) is 0 Å². The summed E-state index contributed by atoms with van der Waals surface area (Å²) in [7, 11) is 2.07. The Balaban J connectivity index is 1.41. The van der Waals surface area contributed by atoms with Crippen molar-refractivity contribution in [1.82, 2.24) is 24.9 Å². The SMILES string of the molecule is CN(CCc1ccccn1)c1ccc(-c2cc(C3CCCCC3)c3c([As])ncnc3n2)cn1. The zero-order valence-electron chi connectivity index (χ0n) is 18.9. The number of rotatable bonds is 6. The first-order valence-corrected chi connectivity index (χ1v) is 12.5. The molecule has 0 unspecified atom stereocenters. The van der Waals surface area contributed by atoms with Crippen molar-refractivity contribution in [2.45, 2.75) is 44.4 Å². The van der Waals surface area contributed by atoms with E-state index in [-0.39, 0.29) is 0 Å². The molecule has 1 aliphatic carbocycles. The third-order valence-corrected chi connectivity index (χ3v) is 7.24. The molecule has 1 saturated carbocycles. The Morgan fingerprint density at radius 1 is 1.00 bits per heavy atom. The van der Waals surface area contributed by atoms with E-state index in [1.807, 2.05) is 24.5 Å². The van der Waals surface area contributed by atoms with Gasteiger partial charge in [-0.3, -0.25) is 4.98 Å². The maximum atomic E-state index is 4.89. The zero-order valence-corrected chi connectivity index (χ0v) is 20.7. The molecule has 0 atom stereocenters. The van der Waals surface area contributed by atoms with Crippen molar-refractivity contribution >= 4 is 38.2 Å². The van der Waals surface area contributed by atoms with Crippen molar-refractivity contribution in [3.8, 4) is 11.3 Å². The molecule has 166 valence electrons. The molecule has 0 amide bonds. The number of pyridine rings is 3. The van der Waals surface area contributed by atoms with Crippen LogP contribution in [0, 0.1) is 0 Å². The third-order valence-electron chi connectivity index (χ3n) is 6.52. The summed E-state index contributed by atoms with van der Waals surface area (Å²) in [5, 5.41) is 1.10. The molecule has 7 heteroatoms. The van der Waals surface area contributed by atoms with Crippen LogP contribution in [0.15, 0.2) is 55.1 Å². The molecule has 5 rings (SSSR count). The standard InChI is InChI=1S/C26H27AsN6/c1-33(14-12-20-9-5-6-13-28-20)23-11-10-19(16-29-23)22-15-21(18-7-3-2-4-8-18)24-25(27)30-17-31-26(24)32-22/h5-6,9-11,13,15-18H,2-4,7-8,12,14H2,1H3. The zero-order chi connectivity index (χ0) is 22.6. The Hall–Kier alpha value is -2.85. The second kappa shape index (κ2) is 9.96. The summed E-state index contributed by atoms with van der Waals surface area (Å²) in [4.78, 5) is 25.1. The first kappa shape index (κ1) is 22.0. The summed E-state index contributed by atoms with van der Waals surface area (Å²) in [6.45, 7) is 0.859. The molecule has 4 aromatic rings. The number of anilines is 1. The summed E-state index contributed by atoms with van der Waals surface area (Å²) in [6, 6.07) is 12.5. The van der Waals surface area contributed by atoms with Crippen molar-refractivity contribution in [1.29, 1.82) is 0 Å². The van der Waals surface area contributed by atoms with Gasteiger partial charge in [-0.25, -0.2) is 0 Å². The van der Waals surface area contributed by atoms with E-state index in [9.17, 15) is 0 Å². The fourth-order valence-electron chi connectivity index (χ4n) is 4.67. The Morgan fingerprint density at radius 2 is 1.88 bits per heavy atom. The van der Waals surface area contributed by atoms with Crippen LogP contribution in [0.5, 0.6) is 0 Å². The minimum atomic E-state index is 0.543. The van der Waals surface area contributed by atoms with Crippen LogP contribution in [0.25, 0.3) is 22.3 Å². The topological polar surface area (TPSA) is 67.7 Å². The van der Waals surface area contributed by atoms with E-state index in [0.717, 1.165) is 51.2 Å². The molecule has 0 aliphatic heterocycles. The molecule has 6 nitrogen and oxygen atoms in total. The van der Waals surface area contributed by atoms with E-state index < -0.39 is 0 Å². The molecule has 0 N–H and O–H groups in total. The van der Waals surface area contributed by atoms with Crippen LogP contribution in [0.3, 0.4) is 0 Å². The second-order valence-electron chi connectivity index (χ2n) is 8.73. The quantitative estimate of drug-likeness (QED) is 0.375. The third kappa shape index (κ3) is 4.91. The number of aromatic nitrogens is 5. The second-order valence-corrected chi connectivity index (χ2v) is 9.61. The van der Waals surface area contributed by atoms with Gasteiger partial charge >= 0.3 is 169 Å². The normalized spacial score (nSPS) is 14.5. The average molecular weight is 498 g/mol. The molecule has 1 fully saturated rings. The van der Waals surface area contributed by atoms with Gasteiger partial charge < -0.3 is 0 Å². The van der Waals surface area contributed by atoms with Gasteiger partial charge in [0.05, 0.1) is 0 Å². The summed E-state index contributed by atoms with van der Waals surface area (Å²) in [6.07, 6.45) is 12.6. The molecular formula is C26H27AsN6. The summed E-state index contributed by atoms with van der Waals surface area (Å²) >= 11 is 2.59. The van der Waals surface area contributed by atoms with Crippen molar-refractivity contribution < 1.29 is 0 Å². The molecule has 1 aliphatic rings. The number of nitrogens with zero attached hydrogens (tertiary/aromatic N) is 6. The van der Waals surface area contributed by atoms with Crippen LogP contribution in [0.1, 0.15) is 49.3 Å². The molecule has 33 heavy (non-hydrogen) atoms. The van der Waals surface area contributed by atoms with E-state index in [4.69, 9.17) is 9.97 Å². The van der Waals surface area contributed by atoms with Crippen molar-refractivity contribution in [3.05, 3.63) is 66.4 Å². The van der Waals surface area contributed by atoms with E-state index >= 15 is 0 Å². The summed E-state index contributed by atoms with van der Waals surface area (Å²) in [5.41, 5.74) is 5.15. The van der Waals surface area contributed by atoms with Crippen molar-refractivity contribution in [2.75, 3.05) is 18.5 Å². The van der Waals surface area contributed by atoms with Gasteiger partial charge in [0.15, 0.2) is 0 Å². The van der Waals surface area contributed by atoms with Gasteiger partial charge in [-0.1, -0.05) is 6.07 Å². The monoisotopic (exact) mass is 498 g/mol. The van der Waals surface area contributed by atoms with Crippen LogP contribution in [-0.4, -0.2) is 55.4 Å². The van der Waals surface area contributed by atoms with Gasteiger partial charge in [0.2, 0.25) is 0 Å². The molecule has 0 spiro atoms. The fourth-order valence-corrected chi connectivity index (χ4v) is 5.25. The van der Waals surface area contributed by atoms with Crippen LogP contribution >= 0.6 is 0 Å². The number of likely N-dealkylation sites (N-methyl/N-ethyl adjacent to an activating group) is 1. The Bertz CT molecular complexity index is 1220. The molecule has 0 bridgehead atoms.